The average molecular weight is 407 g/mol. The summed E-state index contributed by atoms with van der Waals surface area (Å²) in [6.45, 7) is 2.03. The predicted octanol–water partition coefficient (Wildman–Crippen LogP) is 6.30. The second-order valence-corrected chi connectivity index (χ2v) is 7.88. The van der Waals surface area contributed by atoms with Crippen molar-refractivity contribution < 1.29 is 0 Å². The molecule has 0 atom stereocenters. The van der Waals surface area contributed by atoms with E-state index in [9.17, 15) is 0 Å². The number of nitrogens with zero attached hydrogens (tertiary/aromatic N) is 4. The van der Waals surface area contributed by atoms with Crippen LogP contribution >= 0.6 is 11.3 Å². The van der Waals surface area contributed by atoms with Crippen LogP contribution in [-0.4, -0.2) is 19.9 Å². The Morgan fingerprint density at radius 1 is 0.633 bits per heavy atom. The first-order valence-electron chi connectivity index (χ1n) is 9.65. The third-order valence-electron chi connectivity index (χ3n) is 4.86. The lowest BCUT2D eigenvalue weighted by Gasteiger charge is -2.03. The van der Waals surface area contributed by atoms with E-state index in [-0.39, 0.29) is 0 Å². The van der Waals surface area contributed by atoms with Gasteiger partial charge in [0.2, 0.25) is 0 Å². The molecular formula is C25H18N4S. The van der Waals surface area contributed by atoms with Gasteiger partial charge in [0, 0.05) is 29.7 Å². The monoisotopic (exact) mass is 406 g/mol. The molecule has 3 aromatic heterocycles. The summed E-state index contributed by atoms with van der Waals surface area (Å²) in [7, 11) is 0. The molecule has 0 aliphatic carbocycles. The van der Waals surface area contributed by atoms with E-state index in [1.54, 1.807) is 29.9 Å². The van der Waals surface area contributed by atoms with E-state index in [2.05, 4.69) is 58.5 Å². The van der Waals surface area contributed by atoms with E-state index in [1.807, 2.05) is 31.2 Å². The fourth-order valence-electron chi connectivity index (χ4n) is 3.32. The summed E-state index contributed by atoms with van der Waals surface area (Å²) >= 11 is 1.66. The Hall–Kier alpha value is -3.70. The molecule has 5 aromatic rings. The number of aromatic nitrogens is 4. The molecule has 0 spiro atoms. The Labute approximate surface area is 179 Å². The van der Waals surface area contributed by atoms with Crippen molar-refractivity contribution in [1.29, 1.82) is 0 Å². The molecule has 4 nitrogen and oxygen atoms in total. The topological polar surface area (TPSA) is 51.6 Å². The zero-order valence-electron chi connectivity index (χ0n) is 16.4. The van der Waals surface area contributed by atoms with Crippen molar-refractivity contribution in [3.05, 3.63) is 97.1 Å². The minimum Gasteiger partial charge on any atom is -0.265 e. The standard InChI is InChI=1S/C25H18N4S/c1-17-23(22-13-16-27-24(29-22)20-11-14-26-15-12-20)30-25(28-17)21-9-7-19(8-10-21)18-5-3-2-4-6-18/h2-16H,1H3. The van der Waals surface area contributed by atoms with Crippen molar-refractivity contribution in [3.63, 3.8) is 0 Å². The molecular weight excluding hydrogens is 388 g/mol. The highest BCUT2D eigenvalue weighted by Crippen LogP contribution is 2.35. The Morgan fingerprint density at radius 3 is 2.10 bits per heavy atom. The van der Waals surface area contributed by atoms with Crippen molar-refractivity contribution >= 4 is 11.3 Å². The first kappa shape index (κ1) is 18.3. The Balaban J connectivity index is 1.47. The van der Waals surface area contributed by atoms with Gasteiger partial charge in [0.1, 0.15) is 5.01 Å². The summed E-state index contributed by atoms with van der Waals surface area (Å²) in [4.78, 5) is 19.1. The van der Waals surface area contributed by atoms with E-state index in [0.29, 0.717) is 5.82 Å². The van der Waals surface area contributed by atoms with Gasteiger partial charge in [-0.3, -0.25) is 4.98 Å². The highest BCUT2D eigenvalue weighted by molar-refractivity contribution is 7.18. The summed E-state index contributed by atoms with van der Waals surface area (Å²) in [5.74, 6) is 0.691. The van der Waals surface area contributed by atoms with Gasteiger partial charge in [-0.15, -0.1) is 11.3 Å². The zero-order chi connectivity index (χ0) is 20.3. The van der Waals surface area contributed by atoms with Gasteiger partial charge in [0.05, 0.1) is 16.3 Å². The van der Waals surface area contributed by atoms with Crippen molar-refractivity contribution in [3.8, 4) is 43.7 Å². The minimum absolute atomic E-state index is 0.691. The van der Waals surface area contributed by atoms with Gasteiger partial charge in [0.15, 0.2) is 5.82 Å². The third kappa shape index (κ3) is 3.63. The zero-order valence-corrected chi connectivity index (χ0v) is 17.2. The largest absolute Gasteiger partial charge is 0.265 e. The molecule has 144 valence electrons. The van der Waals surface area contributed by atoms with Gasteiger partial charge in [-0.2, -0.15) is 0 Å². The second kappa shape index (κ2) is 7.97. The van der Waals surface area contributed by atoms with E-state index in [0.717, 1.165) is 32.4 Å². The molecule has 0 unspecified atom stereocenters. The van der Waals surface area contributed by atoms with Crippen LogP contribution in [0.2, 0.25) is 0 Å². The van der Waals surface area contributed by atoms with E-state index in [1.165, 1.54) is 11.1 Å². The number of aryl methyl sites for hydroxylation is 1. The summed E-state index contributed by atoms with van der Waals surface area (Å²) in [6.07, 6.45) is 5.30. The number of hydrogen-bond acceptors (Lipinski definition) is 5. The Bertz CT molecular complexity index is 1280. The average Bonchev–Trinajstić information content (AvgIpc) is 3.22. The molecule has 0 aliphatic rings. The predicted molar refractivity (Wildman–Crippen MR) is 122 cm³/mol. The molecule has 0 amide bonds. The first-order valence-corrected chi connectivity index (χ1v) is 10.5. The molecule has 0 aliphatic heterocycles. The highest BCUT2D eigenvalue weighted by atomic mass is 32.1. The number of benzene rings is 2. The van der Waals surface area contributed by atoms with E-state index in [4.69, 9.17) is 9.97 Å². The molecule has 0 saturated heterocycles. The molecule has 5 heteroatoms. The summed E-state index contributed by atoms with van der Waals surface area (Å²) < 4.78 is 0. The smallest absolute Gasteiger partial charge is 0.159 e. The lowest BCUT2D eigenvalue weighted by molar-refractivity contribution is 1.17. The van der Waals surface area contributed by atoms with E-state index < -0.39 is 0 Å². The van der Waals surface area contributed by atoms with Gasteiger partial charge < -0.3 is 0 Å². The van der Waals surface area contributed by atoms with Crippen molar-refractivity contribution in [2.24, 2.45) is 0 Å². The van der Waals surface area contributed by atoms with Crippen LogP contribution in [0.5, 0.6) is 0 Å². The number of thiazole rings is 1. The summed E-state index contributed by atoms with van der Waals surface area (Å²) in [6, 6.07) is 24.7. The SMILES string of the molecule is Cc1nc(-c2ccc(-c3ccccc3)cc2)sc1-c1ccnc(-c2ccncc2)n1. The molecule has 0 radical (unpaired) electrons. The maximum absolute atomic E-state index is 4.81. The molecule has 0 saturated carbocycles. The van der Waals surface area contributed by atoms with Crippen LogP contribution in [0.25, 0.3) is 43.7 Å². The molecule has 2 aromatic carbocycles. The Morgan fingerprint density at radius 2 is 1.33 bits per heavy atom. The van der Waals surface area contributed by atoms with Crippen LogP contribution in [0, 0.1) is 6.92 Å². The van der Waals surface area contributed by atoms with Crippen LogP contribution in [0.1, 0.15) is 5.69 Å². The van der Waals surface area contributed by atoms with Gasteiger partial charge in [-0.25, -0.2) is 15.0 Å². The van der Waals surface area contributed by atoms with Gasteiger partial charge in [0.25, 0.3) is 0 Å². The van der Waals surface area contributed by atoms with Crippen molar-refractivity contribution in [2.45, 2.75) is 6.92 Å². The Kier molecular flexibility index (Phi) is 4.87. The number of rotatable bonds is 4. The first-order chi connectivity index (χ1) is 14.8. The molecule has 0 fully saturated rings. The van der Waals surface area contributed by atoms with Crippen molar-refractivity contribution in [1.82, 2.24) is 19.9 Å². The van der Waals surface area contributed by atoms with Crippen LogP contribution in [-0.2, 0) is 0 Å². The van der Waals surface area contributed by atoms with E-state index >= 15 is 0 Å². The second-order valence-electron chi connectivity index (χ2n) is 6.88. The normalized spacial score (nSPS) is 10.8. The molecule has 5 rings (SSSR count). The fourth-order valence-corrected chi connectivity index (χ4v) is 4.36. The molecule has 0 N–H and O–H groups in total. The molecule has 3 heterocycles. The highest BCUT2D eigenvalue weighted by Gasteiger charge is 2.14. The minimum atomic E-state index is 0.691. The lowest BCUT2D eigenvalue weighted by Crippen LogP contribution is -1.91. The van der Waals surface area contributed by atoms with Crippen LogP contribution in [0.4, 0.5) is 0 Å². The third-order valence-corrected chi connectivity index (χ3v) is 6.09. The van der Waals surface area contributed by atoms with Gasteiger partial charge in [-0.05, 0) is 36.2 Å². The van der Waals surface area contributed by atoms with Crippen LogP contribution in [0.3, 0.4) is 0 Å². The molecule has 0 bridgehead atoms. The quantitative estimate of drug-likeness (QED) is 0.351. The number of hydrogen-bond donors (Lipinski definition) is 0. The summed E-state index contributed by atoms with van der Waals surface area (Å²) in [5.41, 5.74) is 6.33. The van der Waals surface area contributed by atoms with Gasteiger partial charge >= 0.3 is 0 Å². The maximum atomic E-state index is 4.81. The lowest BCUT2D eigenvalue weighted by atomic mass is 10.0. The van der Waals surface area contributed by atoms with Crippen molar-refractivity contribution in [2.75, 3.05) is 0 Å². The summed E-state index contributed by atoms with van der Waals surface area (Å²) in [5, 5.41) is 0.992. The number of pyridine rings is 1. The van der Waals surface area contributed by atoms with Crippen LogP contribution < -0.4 is 0 Å². The van der Waals surface area contributed by atoms with Crippen LogP contribution in [0.15, 0.2) is 91.4 Å². The van der Waals surface area contributed by atoms with Gasteiger partial charge in [-0.1, -0.05) is 54.6 Å². The fraction of sp³-hybridized carbons (Fsp3) is 0.0400. The maximum Gasteiger partial charge on any atom is 0.159 e. The molecule has 30 heavy (non-hydrogen) atoms.